The number of halogens is 1. The average Bonchev–Trinajstić information content (AvgIpc) is 2.96. The molecule has 4 rings (SSSR count). The lowest BCUT2D eigenvalue weighted by atomic mass is 9.89. The van der Waals surface area contributed by atoms with Crippen molar-refractivity contribution in [2.24, 2.45) is 10.4 Å². The van der Waals surface area contributed by atoms with Gasteiger partial charge < -0.3 is 14.2 Å². The maximum Gasteiger partial charge on any atom is 0.336 e. The number of benzene rings is 2. The van der Waals surface area contributed by atoms with Gasteiger partial charge in [-0.3, -0.25) is 0 Å². The molecule has 2 aliphatic heterocycles. The van der Waals surface area contributed by atoms with Gasteiger partial charge in [-0.2, -0.15) is 0 Å². The van der Waals surface area contributed by atoms with Crippen LogP contribution in [0.25, 0.3) is 0 Å². The number of cyclic esters (lactones) is 1. The van der Waals surface area contributed by atoms with Crippen LogP contribution in [-0.2, 0) is 19.0 Å². The summed E-state index contributed by atoms with van der Waals surface area (Å²) >= 11 is 0. The third-order valence-electron chi connectivity index (χ3n) is 5.01. The van der Waals surface area contributed by atoms with E-state index in [9.17, 15) is 9.18 Å². The molecule has 0 N–H and O–H groups in total. The number of carbonyl (C=O) groups excluding carboxylic acids is 1. The molecule has 0 aliphatic carbocycles. The summed E-state index contributed by atoms with van der Waals surface area (Å²) in [6, 6.07) is 15.5. The lowest BCUT2D eigenvalue weighted by Crippen LogP contribution is -2.40. The van der Waals surface area contributed by atoms with Crippen molar-refractivity contribution in [3.63, 3.8) is 0 Å². The minimum absolute atomic E-state index is 0.268. The Morgan fingerprint density at radius 2 is 1.82 bits per heavy atom. The molecule has 28 heavy (non-hydrogen) atoms. The van der Waals surface area contributed by atoms with Crippen LogP contribution in [0.3, 0.4) is 0 Å². The predicted molar refractivity (Wildman–Crippen MR) is 101 cm³/mol. The Morgan fingerprint density at radius 1 is 1.11 bits per heavy atom. The maximum atomic E-state index is 13.3. The van der Waals surface area contributed by atoms with Crippen molar-refractivity contribution < 1.29 is 23.4 Å². The van der Waals surface area contributed by atoms with Gasteiger partial charge in [0.25, 0.3) is 0 Å². The zero-order chi connectivity index (χ0) is 19.7. The van der Waals surface area contributed by atoms with Gasteiger partial charge in [0.1, 0.15) is 5.82 Å². The molecule has 5 nitrogen and oxygen atoms in total. The van der Waals surface area contributed by atoms with Gasteiger partial charge >= 0.3 is 5.97 Å². The van der Waals surface area contributed by atoms with Gasteiger partial charge in [0, 0.05) is 17.4 Å². The van der Waals surface area contributed by atoms with Crippen LogP contribution in [-0.4, -0.2) is 30.9 Å². The molecule has 146 valence electrons. The second-order valence-electron chi connectivity index (χ2n) is 7.76. The fourth-order valence-electron chi connectivity index (χ4n) is 3.40. The lowest BCUT2D eigenvalue weighted by Gasteiger charge is -2.32. The molecule has 0 unspecified atom stereocenters. The van der Waals surface area contributed by atoms with Crippen LogP contribution in [0.2, 0.25) is 0 Å². The van der Waals surface area contributed by atoms with Crippen LogP contribution >= 0.6 is 0 Å². The fraction of sp³-hybridized carbons (Fsp3) is 0.364. The zero-order valence-electron chi connectivity index (χ0n) is 15.8. The minimum atomic E-state index is -0.707. The smallest absolute Gasteiger partial charge is 0.336 e. The van der Waals surface area contributed by atoms with Crippen molar-refractivity contribution >= 4 is 11.9 Å². The summed E-state index contributed by atoms with van der Waals surface area (Å²) in [5.74, 6) is -0.239. The molecule has 0 radical (unpaired) electrons. The molecule has 6 heteroatoms. The summed E-state index contributed by atoms with van der Waals surface area (Å²) in [5.41, 5.74) is 1.24. The van der Waals surface area contributed by atoms with Gasteiger partial charge in [-0.1, -0.05) is 44.2 Å². The highest BCUT2D eigenvalue weighted by molar-refractivity contribution is 5.94. The third-order valence-corrected chi connectivity index (χ3v) is 5.01. The molecular formula is C22H22FNO4. The molecule has 2 aliphatic rings. The number of carbonyl (C=O) groups is 1. The first kappa shape index (κ1) is 18.6. The van der Waals surface area contributed by atoms with Gasteiger partial charge in [-0.25, -0.2) is 14.2 Å². The van der Waals surface area contributed by atoms with Gasteiger partial charge in [0.2, 0.25) is 12.2 Å². The molecule has 0 saturated carbocycles. The van der Waals surface area contributed by atoms with E-state index in [1.165, 1.54) is 12.1 Å². The van der Waals surface area contributed by atoms with Gasteiger partial charge in [-0.15, -0.1) is 0 Å². The van der Waals surface area contributed by atoms with E-state index in [1.54, 1.807) is 12.1 Å². The molecule has 0 spiro atoms. The molecule has 2 heterocycles. The molecule has 0 amide bonds. The van der Waals surface area contributed by atoms with Crippen molar-refractivity contribution in [1.29, 1.82) is 0 Å². The second kappa shape index (κ2) is 7.36. The Labute approximate surface area is 163 Å². The van der Waals surface area contributed by atoms with Crippen molar-refractivity contribution in [2.45, 2.75) is 38.7 Å². The van der Waals surface area contributed by atoms with Crippen LogP contribution < -0.4 is 0 Å². The molecule has 1 saturated heterocycles. The van der Waals surface area contributed by atoms with Gasteiger partial charge in [0.15, 0.2) is 6.10 Å². The molecule has 1 fully saturated rings. The highest BCUT2D eigenvalue weighted by Crippen LogP contribution is 2.36. The van der Waals surface area contributed by atoms with E-state index in [1.807, 2.05) is 44.2 Å². The first-order valence-electron chi connectivity index (χ1n) is 9.30. The average molecular weight is 383 g/mol. The number of hydrogen-bond acceptors (Lipinski definition) is 5. The minimum Gasteiger partial charge on any atom is -0.463 e. The normalized spacial score (nSPS) is 26.3. The first-order chi connectivity index (χ1) is 13.4. The van der Waals surface area contributed by atoms with E-state index in [4.69, 9.17) is 19.2 Å². The molecular weight excluding hydrogens is 361 g/mol. The first-order valence-corrected chi connectivity index (χ1v) is 9.30. The highest BCUT2D eigenvalue weighted by atomic mass is 19.1. The molecule has 2 aromatic carbocycles. The molecule has 2 aromatic rings. The standard InChI is InChI=1S/C22H22FNO4/c1-22(2)13-26-21(25)19(22)27-18-12-17(14-8-10-16(23)11-9-14)24-20(28-18)15-6-4-3-5-7-15/h3-11,17-19H,12-13H2,1-2H3/t17-,18-,19-/m0/s1. The van der Waals surface area contributed by atoms with Crippen molar-refractivity contribution in [3.05, 3.63) is 71.5 Å². The zero-order valence-corrected chi connectivity index (χ0v) is 15.8. The quantitative estimate of drug-likeness (QED) is 0.748. The number of rotatable bonds is 4. The van der Waals surface area contributed by atoms with Gasteiger partial charge in [0.05, 0.1) is 12.6 Å². The Morgan fingerprint density at radius 3 is 2.46 bits per heavy atom. The van der Waals surface area contributed by atoms with Crippen LogP contribution in [0, 0.1) is 11.2 Å². The summed E-state index contributed by atoms with van der Waals surface area (Å²) in [6.07, 6.45) is -0.957. The predicted octanol–water partition coefficient (Wildman–Crippen LogP) is 4.03. The number of esters is 1. The lowest BCUT2D eigenvalue weighted by molar-refractivity contribution is -0.175. The molecule has 3 atom stereocenters. The Kier molecular flexibility index (Phi) is 4.89. The second-order valence-corrected chi connectivity index (χ2v) is 7.76. The summed E-state index contributed by atoms with van der Waals surface area (Å²) in [7, 11) is 0. The molecule has 0 aromatic heterocycles. The summed E-state index contributed by atoms with van der Waals surface area (Å²) in [5, 5.41) is 0. The fourth-order valence-corrected chi connectivity index (χ4v) is 3.40. The van der Waals surface area contributed by atoms with Crippen LogP contribution in [0.1, 0.15) is 37.4 Å². The van der Waals surface area contributed by atoms with Gasteiger partial charge in [-0.05, 0) is 29.8 Å². The Balaban J connectivity index is 1.63. The van der Waals surface area contributed by atoms with E-state index in [2.05, 4.69) is 0 Å². The summed E-state index contributed by atoms with van der Waals surface area (Å²) < 4.78 is 30.6. The largest absolute Gasteiger partial charge is 0.463 e. The summed E-state index contributed by atoms with van der Waals surface area (Å²) in [4.78, 5) is 16.8. The number of hydrogen-bond donors (Lipinski definition) is 0. The number of aliphatic imine (C=N–C) groups is 1. The SMILES string of the molecule is CC1(C)COC(=O)[C@@H]1O[C@@H]1C[C@@H](c2ccc(F)cc2)N=C(c2ccccc2)O1. The van der Waals surface area contributed by atoms with E-state index in [0.717, 1.165) is 11.1 Å². The topological polar surface area (TPSA) is 57.1 Å². The van der Waals surface area contributed by atoms with E-state index >= 15 is 0 Å². The van der Waals surface area contributed by atoms with E-state index < -0.39 is 17.8 Å². The maximum absolute atomic E-state index is 13.3. The monoisotopic (exact) mass is 383 g/mol. The summed E-state index contributed by atoms with van der Waals surface area (Å²) in [6.45, 7) is 4.16. The number of nitrogens with zero attached hydrogens (tertiary/aromatic N) is 1. The van der Waals surface area contributed by atoms with Crippen LogP contribution in [0.4, 0.5) is 4.39 Å². The van der Waals surface area contributed by atoms with E-state index in [0.29, 0.717) is 18.9 Å². The van der Waals surface area contributed by atoms with Crippen LogP contribution in [0.15, 0.2) is 59.6 Å². The number of ether oxygens (including phenoxy) is 3. The molecule has 0 bridgehead atoms. The van der Waals surface area contributed by atoms with E-state index in [-0.39, 0.29) is 17.8 Å². The van der Waals surface area contributed by atoms with Crippen LogP contribution in [0.5, 0.6) is 0 Å². The Bertz CT molecular complexity index is 879. The van der Waals surface area contributed by atoms with Crippen molar-refractivity contribution in [3.8, 4) is 0 Å². The Hall–Kier alpha value is -2.73. The highest BCUT2D eigenvalue weighted by Gasteiger charge is 2.47. The van der Waals surface area contributed by atoms with Crippen molar-refractivity contribution in [1.82, 2.24) is 0 Å². The van der Waals surface area contributed by atoms with Crippen molar-refractivity contribution in [2.75, 3.05) is 6.61 Å². The third kappa shape index (κ3) is 3.78.